The van der Waals surface area contributed by atoms with E-state index >= 15 is 0 Å². The minimum atomic E-state index is -0.356. The van der Waals surface area contributed by atoms with Crippen LogP contribution in [0.15, 0.2) is 60.7 Å². The van der Waals surface area contributed by atoms with E-state index in [1.54, 1.807) is 12.1 Å². The van der Waals surface area contributed by atoms with Gasteiger partial charge in [0.2, 0.25) is 0 Å². The molecule has 0 aliphatic carbocycles. The van der Waals surface area contributed by atoms with Crippen molar-refractivity contribution in [2.24, 2.45) is 0 Å². The summed E-state index contributed by atoms with van der Waals surface area (Å²) < 4.78 is 13.1. The van der Waals surface area contributed by atoms with Gasteiger partial charge in [-0.1, -0.05) is 24.3 Å². The summed E-state index contributed by atoms with van der Waals surface area (Å²) in [5.74, 6) is -0.868. The lowest BCUT2D eigenvalue weighted by molar-refractivity contribution is -0.0000395. The van der Waals surface area contributed by atoms with Crippen molar-refractivity contribution in [3.8, 4) is 0 Å². The molecular weight excluding hydrogens is 501 g/mol. The standard InChI is InChI=1S/C26H24FN3O3.BrH/c27-20-9-7-18(8-10-20)23(31)17-29-13-11-28(12-14-29)15-16-30-25(32)21-5-1-3-19-4-2-6-22(24(19)21)26(30)33;/h1-10H,11-17H2;1H/p-1. The summed E-state index contributed by atoms with van der Waals surface area (Å²) in [7, 11) is 0. The Labute approximate surface area is 207 Å². The lowest BCUT2D eigenvalue weighted by Gasteiger charge is -2.35. The zero-order valence-corrected chi connectivity index (χ0v) is 20.1. The normalized spacial score (nSPS) is 16.6. The van der Waals surface area contributed by atoms with Gasteiger partial charge in [-0.2, -0.15) is 0 Å². The molecule has 0 radical (unpaired) electrons. The minimum Gasteiger partial charge on any atom is -1.00 e. The second kappa shape index (κ2) is 10.1. The predicted octanol–water partition coefficient (Wildman–Crippen LogP) is 0.0794. The maximum atomic E-state index is 13.1. The molecule has 2 amide bonds. The summed E-state index contributed by atoms with van der Waals surface area (Å²) >= 11 is 0. The molecule has 0 saturated carbocycles. The van der Waals surface area contributed by atoms with Gasteiger partial charge in [-0.15, -0.1) is 0 Å². The van der Waals surface area contributed by atoms with Gasteiger partial charge in [0.05, 0.1) is 6.54 Å². The largest absolute Gasteiger partial charge is 1.00 e. The molecular formula is C26H24BrFN3O3-. The summed E-state index contributed by atoms with van der Waals surface area (Å²) in [5.41, 5.74) is 1.66. The number of amides is 2. The first-order valence-corrected chi connectivity index (χ1v) is 11.1. The summed E-state index contributed by atoms with van der Waals surface area (Å²) in [6.07, 6.45) is 0. The molecule has 1 fully saturated rings. The highest BCUT2D eigenvalue weighted by Crippen LogP contribution is 2.29. The third-order valence-electron chi connectivity index (χ3n) is 6.49. The molecule has 5 rings (SSSR count). The number of ketones is 1. The Hall–Kier alpha value is -2.94. The number of Topliss-reactive ketones (excluding diaryl/α,β-unsaturated/α-hetero) is 1. The van der Waals surface area contributed by atoms with Gasteiger partial charge >= 0.3 is 0 Å². The van der Waals surface area contributed by atoms with Crippen LogP contribution in [0.25, 0.3) is 10.8 Å². The Morgan fingerprint density at radius 2 is 1.32 bits per heavy atom. The predicted molar refractivity (Wildman–Crippen MR) is 123 cm³/mol. The summed E-state index contributed by atoms with van der Waals surface area (Å²) in [4.78, 5) is 44.1. The molecule has 0 atom stereocenters. The lowest BCUT2D eigenvalue weighted by atomic mass is 9.94. The number of hydrogen-bond acceptors (Lipinski definition) is 5. The fourth-order valence-electron chi connectivity index (χ4n) is 4.63. The first-order valence-electron chi connectivity index (χ1n) is 11.1. The molecule has 0 N–H and O–H groups in total. The van der Waals surface area contributed by atoms with E-state index in [9.17, 15) is 18.8 Å². The Kier molecular flexibility index (Phi) is 7.21. The van der Waals surface area contributed by atoms with Crippen LogP contribution in [0.1, 0.15) is 31.1 Å². The van der Waals surface area contributed by atoms with Crippen LogP contribution in [0, 0.1) is 5.82 Å². The van der Waals surface area contributed by atoms with Crippen molar-refractivity contribution in [2.75, 3.05) is 45.8 Å². The summed E-state index contributed by atoms with van der Waals surface area (Å²) in [5, 5.41) is 1.64. The third-order valence-corrected chi connectivity index (χ3v) is 6.49. The van der Waals surface area contributed by atoms with Gasteiger partial charge in [-0.05, 0) is 41.8 Å². The maximum Gasteiger partial charge on any atom is 0.261 e. The smallest absolute Gasteiger partial charge is 0.261 e. The van der Waals surface area contributed by atoms with Gasteiger partial charge in [0.1, 0.15) is 5.82 Å². The number of imide groups is 1. The van der Waals surface area contributed by atoms with E-state index in [1.165, 1.54) is 29.2 Å². The van der Waals surface area contributed by atoms with Gasteiger partial charge in [0, 0.05) is 61.3 Å². The molecule has 2 aliphatic rings. The fraction of sp³-hybridized carbons (Fsp3) is 0.269. The van der Waals surface area contributed by atoms with Crippen molar-refractivity contribution in [1.29, 1.82) is 0 Å². The Balaban J connectivity index is 0.00000274. The molecule has 2 heterocycles. The van der Waals surface area contributed by atoms with Gasteiger partial charge in [0.25, 0.3) is 11.8 Å². The van der Waals surface area contributed by atoms with Crippen molar-refractivity contribution in [2.45, 2.75) is 0 Å². The quantitative estimate of drug-likeness (QED) is 0.337. The Morgan fingerprint density at radius 1 is 0.765 bits per heavy atom. The van der Waals surface area contributed by atoms with E-state index in [-0.39, 0.29) is 40.4 Å². The lowest BCUT2D eigenvalue weighted by Crippen LogP contribution is -3.00. The first kappa shape index (κ1) is 24.2. The van der Waals surface area contributed by atoms with Crippen LogP contribution >= 0.6 is 0 Å². The first-order chi connectivity index (χ1) is 16.0. The maximum absolute atomic E-state index is 13.1. The molecule has 0 spiro atoms. The minimum absolute atomic E-state index is 0. The molecule has 34 heavy (non-hydrogen) atoms. The highest BCUT2D eigenvalue weighted by atomic mass is 79.9. The van der Waals surface area contributed by atoms with Crippen molar-refractivity contribution in [3.63, 3.8) is 0 Å². The van der Waals surface area contributed by atoms with E-state index < -0.39 is 0 Å². The zero-order valence-electron chi connectivity index (χ0n) is 18.5. The molecule has 1 saturated heterocycles. The molecule has 8 heteroatoms. The zero-order chi connectivity index (χ0) is 22.9. The highest BCUT2D eigenvalue weighted by molar-refractivity contribution is 6.25. The number of carbonyl (C=O) groups excluding carboxylic acids is 3. The molecule has 0 unspecified atom stereocenters. The van der Waals surface area contributed by atoms with Crippen LogP contribution in [0.4, 0.5) is 4.39 Å². The van der Waals surface area contributed by atoms with Crippen molar-refractivity contribution < 1.29 is 35.8 Å². The second-order valence-corrected chi connectivity index (χ2v) is 8.52. The Bertz CT molecular complexity index is 1190. The van der Waals surface area contributed by atoms with Crippen LogP contribution in [0.5, 0.6) is 0 Å². The Morgan fingerprint density at radius 3 is 1.91 bits per heavy atom. The number of nitrogens with zero attached hydrogens (tertiary/aromatic N) is 3. The third kappa shape index (κ3) is 4.66. The topological polar surface area (TPSA) is 60.9 Å². The van der Waals surface area contributed by atoms with Crippen LogP contribution < -0.4 is 17.0 Å². The summed E-state index contributed by atoms with van der Waals surface area (Å²) in [6, 6.07) is 16.7. The van der Waals surface area contributed by atoms with E-state index in [0.29, 0.717) is 36.3 Å². The molecule has 0 aromatic heterocycles. The van der Waals surface area contributed by atoms with Crippen LogP contribution in [-0.2, 0) is 0 Å². The molecule has 176 valence electrons. The van der Waals surface area contributed by atoms with Crippen LogP contribution in [0.2, 0.25) is 0 Å². The molecule has 3 aromatic rings. The number of hydrogen-bond donors (Lipinski definition) is 0. The van der Waals surface area contributed by atoms with Gasteiger partial charge in [-0.25, -0.2) is 4.39 Å². The molecule has 6 nitrogen and oxygen atoms in total. The fourth-order valence-corrected chi connectivity index (χ4v) is 4.63. The van der Waals surface area contributed by atoms with Gasteiger partial charge < -0.3 is 17.0 Å². The van der Waals surface area contributed by atoms with E-state index in [1.807, 2.05) is 24.3 Å². The molecule has 2 aliphatic heterocycles. The number of halogens is 2. The highest BCUT2D eigenvalue weighted by Gasteiger charge is 2.33. The van der Waals surface area contributed by atoms with Crippen molar-refractivity contribution in [3.05, 3.63) is 83.2 Å². The van der Waals surface area contributed by atoms with E-state index in [2.05, 4.69) is 9.80 Å². The number of rotatable bonds is 6. The molecule has 0 bridgehead atoms. The van der Waals surface area contributed by atoms with E-state index in [4.69, 9.17) is 0 Å². The SMILES string of the molecule is O=C(CN1CCN(CCN2C(=O)c3cccc4cccc(c34)C2=O)CC1)c1ccc(F)cc1.[Br-]. The van der Waals surface area contributed by atoms with Crippen molar-refractivity contribution in [1.82, 2.24) is 14.7 Å². The number of carbonyl (C=O) groups is 3. The van der Waals surface area contributed by atoms with Gasteiger partial charge in [0.15, 0.2) is 5.78 Å². The van der Waals surface area contributed by atoms with Gasteiger partial charge in [-0.3, -0.25) is 29.1 Å². The number of benzene rings is 3. The number of piperazine rings is 1. The van der Waals surface area contributed by atoms with Crippen LogP contribution in [-0.4, -0.2) is 78.1 Å². The van der Waals surface area contributed by atoms with Crippen LogP contribution in [0.3, 0.4) is 0 Å². The second-order valence-electron chi connectivity index (χ2n) is 8.52. The van der Waals surface area contributed by atoms with E-state index in [0.717, 1.165) is 37.0 Å². The van der Waals surface area contributed by atoms with Crippen molar-refractivity contribution >= 4 is 28.4 Å². The molecule has 3 aromatic carbocycles. The average Bonchev–Trinajstić information content (AvgIpc) is 2.83. The monoisotopic (exact) mass is 524 g/mol. The summed E-state index contributed by atoms with van der Waals surface area (Å²) in [6.45, 7) is 4.15. The average molecular weight is 525 g/mol.